The first-order valence-corrected chi connectivity index (χ1v) is 17.6. The minimum absolute atomic E-state index is 0.0448. The van der Waals surface area contributed by atoms with Crippen molar-refractivity contribution >= 4 is 55.6 Å². The van der Waals surface area contributed by atoms with E-state index in [0.717, 1.165) is 72.3 Å². The number of hydrogen-bond acceptors (Lipinski definition) is 9. The van der Waals surface area contributed by atoms with Crippen molar-refractivity contribution in [3.63, 3.8) is 0 Å². The maximum absolute atomic E-state index is 12.4. The second-order valence-corrected chi connectivity index (χ2v) is 12.2. The highest BCUT2D eigenvalue weighted by Crippen LogP contribution is 2.37. The molecular formula is C40H48N4O7. The number of carbonyl (C=O) groups is 2. The molecule has 4 aromatic heterocycles. The molecule has 6 aromatic rings. The Morgan fingerprint density at radius 2 is 1.20 bits per heavy atom. The van der Waals surface area contributed by atoms with Gasteiger partial charge < -0.3 is 33.7 Å². The van der Waals surface area contributed by atoms with E-state index in [4.69, 9.17) is 23.7 Å². The SMILES string of the molecule is CCCOC(C)c1cccc2[nH]c3cnc(C(=O)OCC)c(COC)c3c12.CCOC(=O)c1ncc2[nH]c3cccc(C(C)OC)c3c2c1CC. The van der Waals surface area contributed by atoms with E-state index in [9.17, 15) is 9.59 Å². The summed E-state index contributed by atoms with van der Waals surface area (Å²) in [4.78, 5) is 40.2. The molecule has 2 aromatic carbocycles. The summed E-state index contributed by atoms with van der Waals surface area (Å²) in [6, 6.07) is 12.2. The number of carbonyl (C=O) groups excluding carboxylic acids is 2. The molecule has 0 amide bonds. The Morgan fingerprint density at radius 1 is 0.686 bits per heavy atom. The summed E-state index contributed by atoms with van der Waals surface area (Å²) in [7, 11) is 3.31. The van der Waals surface area contributed by atoms with Crippen LogP contribution in [-0.4, -0.2) is 65.9 Å². The van der Waals surface area contributed by atoms with Crippen LogP contribution in [0.3, 0.4) is 0 Å². The van der Waals surface area contributed by atoms with Crippen LogP contribution in [0.5, 0.6) is 0 Å². The Balaban J connectivity index is 0.000000199. The molecule has 2 N–H and O–H groups in total. The van der Waals surface area contributed by atoms with Crippen molar-refractivity contribution in [3.8, 4) is 0 Å². The predicted octanol–water partition coefficient (Wildman–Crippen LogP) is 8.69. The average Bonchev–Trinajstić information content (AvgIpc) is 3.72. The first-order chi connectivity index (χ1) is 24.7. The van der Waals surface area contributed by atoms with Gasteiger partial charge >= 0.3 is 11.9 Å². The molecule has 11 heteroatoms. The van der Waals surface area contributed by atoms with E-state index in [2.05, 4.69) is 39.0 Å². The van der Waals surface area contributed by atoms with Gasteiger partial charge in [0.25, 0.3) is 0 Å². The molecule has 0 aliphatic carbocycles. The van der Waals surface area contributed by atoms with Crippen molar-refractivity contribution in [2.75, 3.05) is 34.0 Å². The lowest BCUT2D eigenvalue weighted by molar-refractivity contribution is 0.0507. The molecule has 11 nitrogen and oxygen atoms in total. The normalized spacial score (nSPS) is 12.6. The summed E-state index contributed by atoms with van der Waals surface area (Å²) in [5, 5.41) is 4.10. The number of pyridine rings is 2. The van der Waals surface area contributed by atoms with E-state index < -0.39 is 5.97 Å². The van der Waals surface area contributed by atoms with E-state index in [1.54, 1.807) is 40.5 Å². The molecule has 270 valence electrons. The summed E-state index contributed by atoms with van der Waals surface area (Å²) in [6.07, 6.45) is 4.93. The standard InChI is InChI=1S/C21H26N2O4.C19H22N2O3/c1-5-10-27-13(3)14-8-7-9-16-18(14)19-15(12-25-4)20(21(24)26-6-2)22-11-17(19)23-16;1-5-12-16-15(10-20-18(12)19(22)24-6-2)21-14-9-7-8-13(17(14)16)11(3)23-4/h7-9,11,13,23H,5-6,10,12H2,1-4H3;7-11,21H,5-6H2,1-4H3. The second-order valence-electron chi connectivity index (χ2n) is 12.2. The van der Waals surface area contributed by atoms with E-state index in [-0.39, 0.29) is 24.8 Å². The zero-order valence-electron chi connectivity index (χ0n) is 30.8. The van der Waals surface area contributed by atoms with Crippen LogP contribution >= 0.6 is 0 Å². The smallest absolute Gasteiger partial charge is 0.357 e. The van der Waals surface area contributed by atoms with Crippen molar-refractivity contribution in [2.24, 2.45) is 0 Å². The van der Waals surface area contributed by atoms with Crippen LogP contribution in [0.2, 0.25) is 0 Å². The lowest BCUT2D eigenvalue weighted by atomic mass is 9.98. The van der Waals surface area contributed by atoms with E-state index in [1.165, 1.54) is 0 Å². The third-order valence-corrected chi connectivity index (χ3v) is 8.97. The number of aryl methyl sites for hydroxylation is 1. The highest BCUT2D eigenvalue weighted by molar-refractivity contribution is 6.13. The Morgan fingerprint density at radius 3 is 1.67 bits per heavy atom. The van der Waals surface area contributed by atoms with Gasteiger partial charge in [-0.3, -0.25) is 0 Å². The largest absolute Gasteiger partial charge is 0.461 e. The minimum Gasteiger partial charge on any atom is -0.461 e. The molecular weight excluding hydrogens is 648 g/mol. The maximum atomic E-state index is 12.4. The molecule has 6 rings (SSSR count). The molecule has 0 saturated carbocycles. The maximum Gasteiger partial charge on any atom is 0.357 e. The van der Waals surface area contributed by atoms with Crippen LogP contribution in [0.4, 0.5) is 0 Å². The van der Waals surface area contributed by atoms with Crippen LogP contribution < -0.4 is 0 Å². The quantitative estimate of drug-likeness (QED) is 0.114. The van der Waals surface area contributed by atoms with Gasteiger partial charge in [-0.25, -0.2) is 19.6 Å². The molecule has 2 atom stereocenters. The van der Waals surface area contributed by atoms with Crippen LogP contribution in [0.15, 0.2) is 48.8 Å². The Bertz CT molecular complexity index is 2150. The topological polar surface area (TPSA) is 138 Å². The number of aromatic nitrogens is 4. The third kappa shape index (κ3) is 7.46. The van der Waals surface area contributed by atoms with Gasteiger partial charge in [0.15, 0.2) is 11.4 Å². The molecule has 0 saturated heterocycles. The Kier molecular flexibility index (Phi) is 12.4. The number of nitrogens with one attached hydrogen (secondary N) is 2. The average molecular weight is 697 g/mol. The van der Waals surface area contributed by atoms with Crippen LogP contribution in [0, 0.1) is 0 Å². The molecule has 0 aliphatic heterocycles. The number of H-pyrrole nitrogens is 2. The summed E-state index contributed by atoms with van der Waals surface area (Å²) in [6.45, 7) is 13.4. The van der Waals surface area contributed by atoms with Crippen molar-refractivity contribution in [1.82, 2.24) is 19.9 Å². The Labute approximate surface area is 298 Å². The number of nitrogens with zero attached hydrogens (tertiary/aromatic N) is 2. The molecule has 2 unspecified atom stereocenters. The molecule has 51 heavy (non-hydrogen) atoms. The Hall–Kier alpha value is -4.84. The lowest BCUT2D eigenvalue weighted by Gasteiger charge is -2.15. The molecule has 4 heterocycles. The van der Waals surface area contributed by atoms with Gasteiger partial charge in [-0.1, -0.05) is 38.1 Å². The van der Waals surface area contributed by atoms with Crippen molar-refractivity contribution in [1.29, 1.82) is 0 Å². The number of benzene rings is 2. The van der Waals surface area contributed by atoms with Gasteiger partial charge in [-0.15, -0.1) is 0 Å². The number of methoxy groups -OCH3 is 2. The highest BCUT2D eigenvalue weighted by atomic mass is 16.5. The molecule has 0 aliphatic rings. The zero-order valence-corrected chi connectivity index (χ0v) is 30.8. The monoisotopic (exact) mass is 696 g/mol. The predicted molar refractivity (Wildman–Crippen MR) is 199 cm³/mol. The van der Waals surface area contributed by atoms with Crippen LogP contribution in [0.25, 0.3) is 43.6 Å². The second kappa shape index (κ2) is 16.9. The van der Waals surface area contributed by atoms with Gasteiger partial charge in [0, 0.05) is 59.0 Å². The zero-order chi connectivity index (χ0) is 36.7. The van der Waals surface area contributed by atoms with E-state index in [0.29, 0.717) is 37.6 Å². The number of esters is 2. The number of ether oxygens (including phenoxy) is 5. The van der Waals surface area contributed by atoms with Crippen LogP contribution in [0.1, 0.15) is 103 Å². The summed E-state index contributed by atoms with van der Waals surface area (Å²) >= 11 is 0. The van der Waals surface area contributed by atoms with Gasteiger partial charge in [0.05, 0.1) is 55.5 Å². The third-order valence-electron chi connectivity index (χ3n) is 8.97. The number of hydrogen-bond donors (Lipinski definition) is 2. The van der Waals surface area contributed by atoms with Gasteiger partial charge in [0.1, 0.15) is 0 Å². The minimum atomic E-state index is -0.437. The van der Waals surface area contributed by atoms with Crippen LogP contribution in [-0.2, 0) is 36.7 Å². The summed E-state index contributed by atoms with van der Waals surface area (Å²) < 4.78 is 27.3. The number of aromatic amines is 2. The van der Waals surface area contributed by atoms with Crippen molar-refractivity contribution in [3.05, 3.63) is 82.4 Å². The number of fused-ring (bicyclic) bond motifs is 6. The van der Waals surface area contributed by atoms with Crippen molar-refractivity contribution in [2.45, 2.75) is 73.2 Å². The molecule has 0 spiro atoms. The first-order valence-electron chi connectivity index (χ1n) is 17.6. The number of rotatable bonds is 13. The fourth-order valence-electron chi connectivity index (χ4n) is 6.63. The van der Waals surface area contributed by atoms with Gasteiger partial charge in [-0.05, 0) is 69.4 Å². The fraction of sp³-hybridized carbons (Fsp3) is 0.400. The van der Waals surface area contributed by atoms with E-state index in [1.807, 2.05) is 45.0 Å². The lowest BCUT2D eigenvalue weighted by Crippen LogP contribution is -2.11. The fourth-order valence-corrected chi connectivity index (χ4v) is 6.63. The highest BCUT2D eigenvalue weighted by Gasteiger charge is 2.24. The first kappa shape index (κ1) is 37.4. The summed E-state index contributed by atoms with van der Waals surface area (Å²) in [5.41, 5.74) is 8.28. The summed E-state index contributed by atoms with van der Waals surface area (Å²) in [5.74, 6) is -0.809. The van der Waals surface area contributed by atoms with Gasteiger partial charge in [0.2, 0.25) is 0 Å². The van der Waals surface area contributed by atoms with E-state index >= 15 is 0 Å². The molecule has 0 radical (unpaired) electrons. The molecule has 0 bridgehead atoms. The van der Waals surface area contributed by atoms with Gasteiger partial charge in [-0.2, -0.15) is 0 Å². The molecule has 0 fully saturated rings. The van der Waals surface area contributed by atoms with Crippen molar-refractivity contribution < 1.29 is 33.3 Å².